The molecule has 0 saturated heterocycles. The van der Waals surface area contributed by atoms with E-state index in [0.717, 1.165) is 9.75 Å². The molecule has 0 spiro atoms. The van der Waals surface area contributed by atoms with Crippen molar-refractivity contribution in [3.05, 3.63) is 15.8 Å². The van der Waals surface area contributed by atoms with Crippen LogP contribution in [0.5, 0.6) is 0 Å². The van der Waals surface area contributed by atoms with E-state index in [1.807, 2.05) is 0 Å². The summed E-state index contributed by atoms with van der Waals surface area (Å²) in [5, 5.41) is 14.4. The molecule has 3 nitrogen and oxygen atoms in total. The van der Waals surface area contributed by atoms with Gasteiger partial charge < -0.3 is 10.8 Å². The van der Waals surface area contributed by atoms with Crippen LogP contribution in [0.2, 0.25) is 0 Å². The average Bonchev–Trinajstić information content (AvgIpc) is 2.31. The van der Waals surface area contributed by atoms with E-state index in [2.05, 4.69) is 0 Å². The van der Waals surface area contributed by atoms with Crippen LogP contribution in [0.15, 0.2) is 6.07 Å². The van der Waals surface area contributed by atoms with Gasteiger partial charge in [0, 0.05) is 4.88 Å². The SMILES string of the molecule is CC(O)c1cc(N)c(C=[NH2+])s1. The second-order valence-electron chi connectivity index (χ2n) is 2.31. The largest absolute Gasteiger partial charge is 0.397 e. The highest BCUT2D eigenvalue weighted by Gasteiger charge is 2.08. The summed E-state index contributed by atoms with van der Waals surface area (Å²) < 4.78 is 0. The smallest absolute Gasteiger partial charge is 0.179 e. The number of hydrogen-bond acceptors (Lipinski definition) is 3. The molecule has 0 aliphatic carbocycles. The van der Waals surface area contributed by atoms with E-state index in [1.54, 1.807) is 13.0 Å². The Hall–Kier alpha value is -0.870. The molecule has 0 aliphatic heterocycles. The summed E-state index contributed by atoms with van der Waals surface area (Å²) in [6.07, 6.45) is 0.988. The lowest BCUT2D eigenvalue weighted by Crippen LogP contribution is -2.29. The van der Waals surface area contributed by atoms with Crippen molar-refractivity contribution in [2.75, 3.05) is 5.73 Å². The van der Waals surface area contributed by atoms with Gasteiger partial charge in [0.15, 0.2) is 6.21 Å². The Morgan fingerprint density at radius 3 is 2.73 bits per heavy atom. The predicted molar refractivity (Wildman–Crippen MR) is 46.5 cm³/mol. The number of anilines is 1. The van der Waals surface area contributed by atoms with E-state index in [-0.39, 0.29) is 0 Å². The number of nitrogen functional groups attached to an aromatic ring is 1. The third-order valence-corrected chi connectivity index (χ3v) is 2.66. The maximum atomic E-state index is 9.16. The molecule has 1 atom stereocenters. The first-order chi connectivity index (χ1) is 5.15. The molecule has 0 amide bonds. The summed E-state index contributed by atoms with van der Waals surface area (Å²) in [6, 6.07) is 1.74. The highest BCUT2D eigenvalue weighted by molar-refractivity contribution is 7.14. The maximum absolute atomic E-state index is 9.16. The molecule has 0 saturated carbocycles. The summed E-state index contributed by atoms with van der Waals surface area (Å²) in [5.74, 6) is 0. The fourth-order valence-electron chi connectivity index (χ4n) is 0.776. The molecule has 1 unspecified atom stereocenters. The van der Waals surface area contributed by atoms with Crippen molar-refractivity contribution in [2.24, 2.45) is 0 Å². The lowest BCUT2D eigenvalue weighted by atomic mass is 10.3. The second kappa shape index (κ2) is 3.02. The molecule has 0 fully saturated rings. The normalized spacial score (nSPS) is 12.9. The molecule has 60 valence electrons. The minimum Gasteiger partial charge on any atom is -0.397 e. The van der Waals surface area contributed by atoms with Gasteiger partial charge in [-0.3, -0.25) is 5.41 Å². The molecule has 1 rings (SSSR count). The summed E-state index contributed by atoms with van der Waals surface area (Å²) in [6.45, 7) is 1.70. The summed E-state index contributed by atoms with van der Waals surface area (Å²) >= 11 is 1.41. The highest BCUT2D eigenvalue weighted by Crippen LogP contribution is 2.27. The quantitative estimate of drug-likeness (QED) is 0.528. The van der Waals surface area contributed by atoms with Gasteiger partial charge in [-0.25, -0.2) is 0 Å². The third-order valence-electron chi connectivity index (χ3n) is 1.37. The Kier molecular flexibility index (Phi) is 2.26. The van der Waals surface area contributed by atoms with Gasteiger partial charge in [-0.05, 0) is 13.0 Å². The Morgan fingerprint density at radius 2 is 2.45 bits per heavy atom. The van der Waals surface area contributed by atoms with Crippen LogP contribution in [0.25, 0.3) is 0 Å². The van der Waals surface area contributed by atoms with E-state index in [1.165, 1.54) is 17.6 Å². The Morgan fingerprint density at radius 1 is 1.82 bits per heavy atom. The molecule has 4 heteroatoms. The van der Waals surface area contributed by atoms with Crippen LogP contribution in [-0.2, 0) is 0 Å². The van der Waals surface area contributed by atoms with E-state index in [9.17, 15) is 0 Å². The molecule has 1 aromatic rings. The van der Waals surface area contributed by atoms with E-state index in [0.29, 0.717) is 5.69 Å². The molecule has 0 radical (unpaired) electrons. The molecular weight excluding hydrogens is 160 g/mol. The van der Waals surface area contributed by atoms with Crippen LogP contribution in [0.1, 0.15) is 22.8 Å². The standard InChI is InChI=1S/C7H10N2OS/c1-4(10)6-2-5(9)7(3-8)11-6/h2-4,8,10H,9H2,1H3/p+1. The Bertz CT molecular complexity index is 267. The van der Waals surface area contributed by atoms with Crippen LogP contribution >= 0.6 is 11.3 Å². The first-order valence-corrected chi connectivity index (χ1v) is 4.09. The molecule has 0 aromatic carbocycles. The van der Waals surface area contributed by atoms with Crippen LogP contribution in [0.3, 0.4) is 0 Å². The lowest BCUT2D eigenvalue weighted by Gasteiger charge is -1.95. The van der Waals surface area contributed by atoms with Crippen molar-refractivity contribution in [3.63, 3.8) is 0 Å². The van der Waals surface area contributed by atoms with Crippen molar-refractivity contribution >= 4 is 23.2 Å². The summed E-state index contributed by atoms with van der Waals surface area (Å²) in [5.41, 5.74) is 6.21. The van der Waals surface area contributed by atoms with Gasteiger partial charge in [-0.2, -0.15) is 0 Å². The maximum Gasteiger partial charge on any atom is 0.179 e. The highest BCUT2D eigenvalue weighted by atomic mass is 32.1. The molecule has 5 N–H and O–H groups in total. The van der Waals surface area contributed by atoms with Gasteiger partial charge in [0.25, 0.3) is 0 Å². The van der Waals surface area contributed by atoms with E-state index >= 15 is 0 Å². The lowest BCUT2D eigenvalue weighted by molar-refractivity contribution is -0.104. The molecule has 1 aromatic heterocycles. The van der Waals surface area contributed by atoms with Gasteiger partial charge >= 0.3 is 0 Å². The number of nitrogens with two attached hydrogens (primary N) is 2. The van der Waals surface area contributed by atoms with E-state index in [4.69, 9.17) is 16.2 Å². The van der Waals surface area contributed by atoms with E-state index < -0.39 is 6.10 Å². The van der Waals surface area contributed by atoms with Crippen molar-refractivity contribution in [1.29, 1.82) is 0 Å². The van der Waals surface area contributed by atoms with Gasteiger partial charge in [-0.1, -0.05) is 0 Å². The summed E-state index contributed by atoms with van der Waals surface area (Å²) in [7, 11) is 0. The average molecular weight is 171 g/mol. The van der Waals surface area contributed by atoms with Gasteiger partial charge in [-0.15, -0.1) is 11.3 Å². The molecule has 0 bridgehead atoms. The zero-order valence-corrected chi connectivity index (χ0v) is 7.06. The van der Waals surface area contributed by atoms with Crippen molar-refractivity contribution in [1.82, 2.24) is 0 Å². The number of rotatable bonds is 2. The number of aliphatic hydroxyl groups is 1. The molecule has 1 heterocycles. The molecular formula is C7H11N2OS+. The van der Waals surface area contributed by atoms with Gasteiger partial charge in [0.05, 0.1) is 11.8 Å². The zero-order valence-electron chi connectivity index (χ0n) is 6.24. The topological polar surface area (TPSA) is 71.8 Å². The minimum absolute atomic E-state index is 0.462. The van der Waals surface area contributed by atoms with Crippen LogP contribution < -0.4 is 11.1 Å². The predicted octanol–water partition coefficient (Wildman–Crippen LogP) is -0.438. The number of thiophene rings is 1. The van der Waals surface area contributed by atoms with Crippen LogP contribution in [0, 0.1) is 0 Å². The number of aliphatic hydroxyl groups excluding tert-OH is 1. The monoisotopic (exact) mass is 171 g/mol. The first-order valence-electron chi connectivity index (χ1n) is 3.27. The third kappa shape index (κ3) is 1.58. The van der Waals surface area contributed by atoms with Crippen LogP contribution in [0.4, 0.5) is 5.69 Å². The van der Waals surface area contributed by atoms with Crippen molar-refractivity contribution < 1.29 is 10.5 Å². The number of hydrogen-bond donors (Lipinski definition) is 3. The van der Waals surface area contributed by atoms with Crippen LogP contribution in [-0.4, -0.2) is 11.3 Å². The Balaban J connectivity index is 3.04. The fourth-order valence-corrected chi connectivity index (χ4v) is 1.63. The second-order valence-corrected chi connectivity index (χ2v) is 3.43. The van der Waals surface area contributed by atoms with Crippen molar-refractivity contribution in [3.8, 4) is 0 Å². The summed E-state index contributed by atoms with van der Waals surface area (Å²) in [4.78, 5) is 1.67. The zero-order chi connectivity index (χ0) is 8.43. The molecule has 0 aliphatic rings. The first kappa shape index (κ1) is 8.23. The minimum atomic E-state index is -0.462. The van der Waals surface area contributed by atoms with Gasteiger partial charge in [0.1, 0.15) is 4.88 Å². The van der Waals surface area contributed by atoms with Crippen molar-refractivity contribution in [2.45, 2.75) is 13.0 Å². The Labute approximate surface area is 69.0 Å². The fraction of sp³-hybridized carbons (Fsp3) is 0.286. The van der Waals surface area contributed by atoms with Gasteiger partial charge in [0.2, 0.25) is 0 Å². The molecule has 11 heavy (non-hydrogen) atoms.